The van der Waals surface area contributed by atoms with Crippen LogP contribution >= 0.6 is 0 Å². The molecule has 0 bridgehead atoms. The molecule has 3 aromatic rings. The van der Waals surface area contributed by atoms with Crippen molar-refractivity contribution < 1.29 is 26.7 Å². The van der Waals surface area contributed by atoms with Gasteiger partial charge in [-0.05, 0) is 47.2 Å². The van der Waals surface area contributed by atoms with Gasteiger partial charge in [-0.25, -0.2) is 8.78 Å². The fourth-order valence-electron chi connectivity index (χ4n) is 2.90. The van der Waals surface area contributed by atoms with Crippen molar-refractivity contribution in [1.29, 1.82) is 0 Å². The summed E-state index contributed by atoms with van der Waals surface area (Å²) in [6, 6.07) is 13.1. The van der Waals surface area contributed by atoms with Crippen molar-refractivity contribution in [1.82, 2.24) is 0 Å². The van der Waals surface area contributed by atoms with Crippen LogP contribution in [0.1, 0.15) is 36.5 Å². The van der Waals surface area contributed by atoms with Gasteiger partial charge in [0.15, 0.2) is 0 Å². The molecule has 0 saturated heterocycles. The van der Waals surface area contributed by atoms with Gasteiger partial charge in [-0.1, -0.05) is 55.7 Å². The first-order valence-electron chi connectivity index (χ1n) is 9.69. The van der Waals surface area contributed by atoms with E-state index < -0.39 is 23.4 Å². The maximum absolute atomic E-state index is 14.5. The number of benzene rings is 3. The molecule has 0 radical (unpaired) electrons. The monoisotopic (exact) mass is 430 g/mol. The van der Waals surface area contributed by atoms with Crippen LogP contribution in [0.4, 0.5) is 22.0 Å². The van der Waals surface area contributed by atoms with Gasteiger partial charge in [0, 0.05) is 11.3 Å². The zero-order valence-corrected chi connectivity index (χ0v) is 16.7. The third-order valence-corrected chi connectivity index (χ3v) is 4.50. The molecule has 160 valence electrons. The Morgan fingerprint density at radius 3 is 2.29 bits per heavy atom. The highest BCUT2D eigenvalue weighted by Gasteiger charge is 2.23. The van der Waals surface area contributed by atoms with Crippen LogP contribution in [0.2, 0.25) is 0 Å². The van der Waals surface area contributed by atoms with Crippen LogP contribution in [-0.2, 0) is 0 Å². The summed E-state index contributed by atoms with van der Waals surface area (Å²) in [5.41, 5.74) is 0.705. The Morgan fingerprint density at radius 1 is 0.935 bits per heavy atom. The molecule has 0 spiro atoms. The summed E-state index contributed by atoms with van der Waals surface area (Å²) in [7, 11) is 0. The van der Waals surface area contributed by atoms with E-state index in [1.165, 1.54) is 6.07 Å². The van der Waals surface area contributed by atoms with Crippen molar-refractivity contribution in [2.24, 2.45) is 0 Å². The summed E-state index contributed by atoms with van der Waals surface area (Å²) in [4.78, 5) is 0. The SMILES string of the molecule is CCCCOc1ccc(/C=C/c2ccc3c(F)c(C#CC(F)(F)F)c(F)cc3c2)cc1. The van der Waals surface area contributed by atoms with E-state index in [-0.39, 0.29) is 10.8 Å². The molecule has 0 fully saturated rings. The summed E-state index contributed by atoms with van der Waals surface area (Å²) in [5, 5.41) is 0.230. The number of unbranched alkanes of at least 4 members (excludes halogenated alkanes) is 1. The molecular weight excluding hydrogens is 411 g/mol. The van der Waals surface area contributed by atoms with Gasteiger partial charge in [-0.15, -0.1) is 0 Å². The van der Waals surface area contributed by atoms with E-state index in [0.717, 1.165) is 36.1 Å². The van der Waals surface area contributed by atoms with Crippen molar-refractivity contribution in [3.63, 3.8) is 0 Å². The predicted octanol–water partition coefficient (Wildman–Crippen LogP) is 7.38. The first kappa shape index (κ1) is 22.4. The fourth-order valence-corrected chi connectivity index (χ4v) is 2.90. The Balaban J connectivity index is 1.82. The van der Waals surface area contributed by atoms with E-state index in [9.17, 15) is 22.0 Å². The van der Waals surface area contributed by atoms with Gasteiger partial charge >= 0.3 is 6.18 Å². The summed E-state index contributed by atoms with van der Waals surface area (Å²) < 4.78 is 71.0. The minimum atomic E-state index is -4.83. The van der Waals surface area contributed by atoms with Crippen molar-refractivity contribution in [2.45, 2.75) is 25.9 Å². The van der Waals surface area contributed by atoms with Crippen molar-refractivity contribution in [2.75, 3.05) is 6.61 Å². The van der Waals surface area contributed by atoms with Gasteiger partial charge < -0.3 is 4.74 Å². The third-order valence-electron chi connectivity index (χ3n) is 4.50. The van der Waals surface area contributed by atoms with Crippen LogP contribution < -0.4 is 4.74 Å². The first-order chi connectivity index (χ1) is 14.8. The van der Waals surface area contributed by atoms with Crippen LogP contribution in [0.3, 0.4) is 0 Å². The van der Waals surface area contributed by atoms with Gasteiger partial charge in [-0.3, -0.25) is 0 Å². The quantitative estimate of drug-likeness (QED) is 0.172. The van der Waals surface area contributed by atoms with E-state index in [4.69, 9.17) is 4.74 Å². The van der Waals surface area contributed by atoms with Crippen LogP contribution in [0, 0.1) is 23.5 Å². The maximum Gasteiger partial charge on any atom is 0.458 e. The number of fused-ring (bicyclic) bond motifs is 1. The second-order valence-corrected chi connectivity index (χ2v) is 6.88. The average Bonchev–Trinajstić information content (AvgIpc) is 2.72. The lowest BCUT2D eigenvalue weighted by atomic mass is 10.0. The van der Waals surface area contributed by atoms with Gasteiger partial charge in [0.1, 0.15) is 17.4 Å². The molecule has 0 aliphatic heterocycles. The highest BCUT2D eigenvalue weighted by Crippen LogP contribution is 2.26. The third kappa shape index (κ3) is 6.08. The number of hydrogen-bond donors (Lipinski definition) is 0. The smallest absolute Gasteiger partial charge is 0.458 e. The molecule has 1 nitrogen and oxygen atoms in total. The van der Waals surface area contributed by atoms with E-state index in [1.54, 1.807) is 24.1 Å². The molecule has 6 heteroatoms. The molecular formula is C25H19F5O. The largest absolute Gasteiger partial charge is 0.494 e. The Bertz CT molecular complexity index is 1150. The van der Waals surface area contributed by atoms with Gasteiger partial charge in [0.2, 0.25) is 0 Å². The molecule has 0 atom stereocenters. The van der Waals surface area contributed by atoms with Crippen LogP contribution in [-0.4, -0.2) is 12.8 Å². The van der Waals surface area contributed by atoms with Gasteiger partial charge in [-0.2, -0.15) is 13.2 Å². The maximum atomic E-state index is 14.5. The van der Waals surface area contributed by atoms with E-state index in [2.05, 4.69) is 6.92 Å². The second kappa shape index (κ2) is 9.65. The topological polar surface area (TPSA) is 9.23 Å². The normalized spacial score (nSPS) is 11.5. The molecule has 0 aromatic heterocycles. The van der Waals surface area contributed by atoms with Gasteiger partial charge in [0.05, 0.1) is 12.2 Å². The highest BCUT2D eigenvalue weighted by atomic mass is 19.4. The van der Waals surface area contributed by atoms with Crippen molar-refractivity contribution in [3.05, 3.63) is 76.9 Å². The standard InChI is InChI=1S/C25H19F5O/c1-2-3-14-31-20-9-6-17(7-10-20)4-5-18-8-11-21-19(15-18)16-23(26)22(24(21)27)12-13-25(28,29)30/h4-11,15-16H,2-3,14H2,1H3/b5-4+. The lowest BCUT2D eigenvalue weighted by Crippen LogP contribution is -2.02. The Labute approximate surface area is 177 Å². The molecule has 31 heavy (non-hydrogen) atoms. The van der Waals surface area contributed by atoms with Crippen molar-refractivity contribution in [3.8, 4) is 17.6 Å². The molecule has 0 N–H and O–H groups in total. The number of hydrogen-bond acceptors (Lipinski definition) is 1. The summed E-state index contributed by atoms with van der Waals surface area (Å²) >= 11 is 0. The number of ether oxygens (including phenoxy) is 1. The lowest BCUT2D eigenvalue weighted by molar-refractivity contribution is -0.0696. The molecule has 0 heterocycles. The van der Waals surface area contributed by atoms with E-state index in [1.807, 2.05) is 30.3 Å². The Kier molecular flexibility index (Phi) is 6.96. The average molecular weight is 430 g/mol. The number of rotatable bonds is 6. The highest BCUT2D eigenvalue weighted by molar-refractivity contribution is 5.88. The zero-order chi connectivity index (χ0) is 22.4. The van der Waals surface area contributed by atoms with Crippen LogP contribution in [0.25, 0.3) is 22.9 Å². The number of alkyl halides is 3. The lowest BCUT2D eigenvalue weighted by Gasteiger charge is -2.06. The van der Waals surface area contributed by atoms with E-state index >= 15 is 0 Å². The molecule has 0 saturated carbocycles. The molecule has 3 rings (SSSR count). The molecule has 0 aliphatic carbocycles. The van der Waals surface area contributed by atoms with Gasteiger partial charge in [0.25, 0.3) is 0 Å². The van der Waals surface area contributed by atoms with Crippen LogP contribution in [0.15, 0.2) is 48.5 Å². The predicted molar refractivity (Wildman–Crippen MR) is 113 cm³/mol. The van der Waals surface area contributed by atoms with Crippen molar-refractivity contribution >= 4 is 22.9 Å². The molecule has 0 amide bonds. The second-order valence-electron chi connectivity index (χ2n) is 6.88. The summed E-state index contributed by atoms with van der Waals surface area (Å²) in [5.74, 6) is 0.984. The Morgan fingerprint density at radius 2 is 1.61 bits per heavy atom. The van der Waals surface area contributed by atoms with Crippen LogP contribution in [0.5, 0.6) is 5.75 Å². The minimum absolute atomic E-state index is 0.00129. The fraction of sp³-hybridized carbons (Fsp3) is 0.200. The first-order valence-corrected chi connectivity index (χ1v) is 9.69. The minimum Gasteiger partial charge on any atom is -0.494 e. The molecule has 3 aromatic carbocycles. The molecule has 0 unspecified atom stereocenters. The van der Waals surface area contributed by atoms with E-state index in [0.29, 0.717) is 12.2 Å². The molecule has 0 aliphatic rings. The summed E-state index contributed by atoms with van der Waals surface area (Å²) in [6.07, 6.45) is 0.832. The zero-order valence-electron chi connectivity index (χ0n) is 16.7. The summed E-state index contributed by atoms with van der Waals surface area (Å²) in [6.45, 7) is 2.76. The number of halogens is 5. The Hall–Kier alpha value is -3.33.